The summed E-state index contributed by atoms with van der Waals surface area (Å²) in [4.78, 5) is 8.65. The van der Waals surface area contributed by atoms with Crippen LogP contribution in [0.2, 0.25) is 5.15 Å². The van der Waals surface area contributed by atoms with Crippen LogP contribution in [0.3, 0.4) is 0 Å². The highest BCUT2D eigenvalue weighted by Gasteiger charge is 2.29. The maximum Gasteiger partial charge on any atom is 0.159 e. The highest BCUT2D eigenvalue weighted by atomic mass is 35.5. The van der Waals surface area contributed by atoms with Gasteiger partial charge in [0.15, 0.2) is 5.82 Å². The average molecular weight is 243 g/mol. The monoisotopic (exact) mass is 242 g/mol. The second-order valence-electron chi connectivity index (χ2n) is 4.89. The van der Waals surface area contributed by atoms with E-state index in [1.54, 1.807) is 6.07 Å². The van der Waals surface area contributed by atoms with Crippen molar-refractivity contribution >= 4 is 11.6 Å². The van der Waals surface area contributed by atoms with Crippen molar-refractivity contribution in [1.29, 1.82) is 0 Å². The molecular formula is C12H19ClN2O. The maximum absolute atomic E-state index is 5.94. The van der Waals surface area contributed by atoms with Gasteiger partial charge in [0.2, 0.25) is 0 Å². The molecule has 0 saturated heterocycles. The molecule has 0 aliphatic rings. The smallest absolute Gasteiger partial charge is 0.159 e. The number of hydrogen-bond donors (Lipinski definition) is 0. The highest BCUT2D eigenvalue weighted by Crippen LogP contribution is 2.34. The molecule has 3 nitrogen and oxygen atoms in total. The summed E-state index contributed by atoms with van der Waals surface area (Å²) in [6.45, 7) is 10.8. The molecule has 1 heterocycles. The number of rotatable bonds is 3. The van der Waals surface area contributed by atoms with Crippen LogP contribution in [0, 0.1) is 12.3 Å². The minimum Gasteiger partial charge on any atom is -0.370 e. The molecule has 1 atom stereocenters. The third-order valence-electron chi connectivity index (χ3n) is 2.19. The quantitative estimate of drug-likeness (QED) is 0.761. The van der Waals surface area contributed by atoms with E-state index < -0.39 is 0 Å². The lowest BCUT2D eigenvalue weighted by Crippen LogP contribution is -2.23. The van der Waals surface area contributed by atoms with Crippen LogP contribution >= 0.6 is 11.6 Å². The van der Waals surface area contributed by atoms with Gasteiger partial charge < -0.3 is 4.74 Å². The van der Waals surface area contributed by atoms with Crippen LogP contribution in [0.25, 0.3) is 0 Å². The van der Waals surface area contributed by atoms with E-state index in [1.165, 1.54) is 0 Å². The summed E-state index contributed by atoms with van der Waals surface area (Å²) in [6.07, 6.45) is -0.130. The fraction of sp³-hybridized carbons (Fsp3) is 0.667. The van der Waals surface area contributed by atoms with Gasteiger partial charge in [-0.3, -0.25) is 0 Å². The van der Waals surface area contributed by atoms with Crippen molar-refractivity contribution in [2.24, 2.45) is 5.41 Å². The summed E-state index contributed by atoms with van der Waals surface area (Å²) >= 11 is 5.94. The van der Waals surface area contributed by atoms with E-state index in [0.717, 1.165) is 5.69 Å². The van der Waals surface area contributed by atoms with Crippen molar-refractivity contribution < 1.29 is 4.74 Å². The van der Waals surface area contributed by atoms with Crippen molar-refractivity contribution in [2.45, 2.75) is 40.7 Å². The normalized spacial score (nSPS) is 13.9. The average Bonchev–Trinajstić information content (AvgIpc) is 2.10. The molecule has 90 valence electrons. The van der Waals surface area contributed by atoms with Gasteiger partial charge in [0, 0.05) is 12.3 Å². The second-order valence-corrected chi connectivity index (χ2v) is 5.28. The molecule has 0 aromatic carbocycles. The Kier molecular flexibility index (Phi) is 4.28. The molecule has 0 aliphatic carbocycles. The predicted octanol–water partition coefficient (Wildman–Crippen LogP) is 3.56. The van der Waals surface area contributed by atoms with Crippen LogP contribution in [0.1, 0.15) is 45.3 Å². The van der Waals surface area contributed by atoms with E-state index in [9.17, 15) is 0 Å². The van der Waals surface area contributed by atoms with Crippen LogP contribution in [0.5, 0.6) is 0 Å². The van der Waals surface area contributed by atoms with Crippen LogP contribution < -0.4 is 0 Å². The van der Waals surface area contributed by atoms with Crippen LogP contribution in [-0.2, 0) is 4.74 Å². The first kappa shape index (κ1) is 13.4. The number of ether oxygens (including phenoxy) is 1. The minimum atomic E-state index is -0.130. The molecule has 1 unspecified atom stereocenters. The molecule has 0 N–H and O–H groups in total. The summed E-state index contributed by atoms with van der Waals surface area (Å²) in [7, 11) is 0. The summed E-state index contributed by atoms with van der Waals surface area (Å²) < 4.78 is 5.72. The highest BCUT2D eigenvalue weighted by molar-refractivity contribution is 6.29. The van der Waals surface area contributed by atoms with Gasteiger partial charge in [-0.25, -0.2) is 9.97 Å². The zero-order valence-corrected chi connectivity index (χ0v) is 11.3. The zero-order valence-electron chi connectivity index (χ0n) is 10.5. The minimum absolute atomic E-state index is 0.0485. The van der Waals surface area contributed by atoms with Crippen molar-refractivity contribution in [3.05, 3.63) is 22.7 Å². The SMILES string of the molecule is CCOC(c1nc(C)cc(Cl)n1)C(C)(C)C. The molecule has 1 aromatic rings. The molecule has 1 rings (SSSR count). The van der Waals surface area contributed by atoms with Gasteiger partial charge in [0.1, 0.15) is 11.3 Å². The Morgan fingerprint density at radius 1 is 1.38 bits per heavy atom. The molecule has 0 saturated carbocycles. The molecule has 0 radical (unpaired) electrons. The van der Waals surface area contributed by atoms with E-state index in [0.29, 0.717) is 17.6 Å². The van der Waals surface area contributed by atoms with Gasteiger partial charge in [-0.15, -0.1) is 0 Å². The molecule has 0 fully saturated rings. The standard InChI is InChI=1S/C12H19ClN2O/c1-6-16-10(12(3,4)5)11-14-8(2)7-9(13)15-11/h7,10H,6H2,1-5H3. The third-order valence-corrected chi connectivity index (χ3v) is 2.39. The molecule has 1 aromatic heterocycles. The largest absolute Gasteiger partial charge is 0.370 e. The van der Waals surface area contributed by atoms with Gasteiger partial charge in [0.05, 0.1) is 0 Å². The van der Waals surface area contributed by atoms with Gasteiger partial charge in [-0.1, -0.05) is 32.4 Å². The van der Waals surface area contributed by atoms with Gasteiger partial charge in [0.25, 0.3) is 0 Å². The Labute approximate surface area is 102 Å². The predicted molar refractivity (Wildman–Crippen MR) is 65.6 cm³/mol. The van der Waals surface area contributed by atoms with Gasteiger partial charge in [-0.2, -0.15) is 0 Å². The van der Waals surface area contributed by atoms with Crippen molar-refractivity contribution in [2.75, 3.05) is 6.61 Å². The Hall–Kier alpha value is -0.670. The van der Waals surface area contributed by atoms with E-state index in [-0.39, 0.29) is 11.5 Å². The van der Waals surface area contributed by atoms with Crippen molar-refractivity contribution in [3.63, 3.8) is 0 Å². The van der Waals surface area contributed by atoms with Crippen LogP contribution in [-0.4, -0.2) is 16.6 Å². The van der Waals surface area contributed by atoms with Gasteiger partial charge in [-0.05, 0) is 25.3 Å². The first-order chi connectivity index (χ1) is 7.34. The molecule has 0 aliphatic heterocycles. The molecule has 16 heavy (non-hydrogen) atoms. The molecule has 0 amide bonds. The number of aryl methyl sites for hydroxylation is 1. The topological polar surface area (TPSA) is 35.0 Å². The number of halogens is 1. The summed E-state index contributed by atoms with van der Waals surface area (Å²) in [6, 6.07) is 1.75. The fourth-order valence-electron chi connectivity index (χ4n) is 1.55. The van der Waals surface area contributed by atoms with Crippen LogP contribution in [0.15, 0.2) is 6.07 Å². The lowest BCUT2D eigenvalue weighted by molar-refractivity contribution is -0.0192. The first-order valence-electron chi connectivity index (χ1n) is 5.47. The van der Waals surface area contributed by atoms with E-state index in [4.69, 9.17) is 16.3 Å². The van der Waals surface area contributed by atoms with E-state index >= 15 is 0 Å². The lowest BCUT2D eigenvalue weighted by atomic mass is 9.88. The molecular weight excluding hydrogens is 224 g/mol. The molecule has 4 heteroatoms. The van der Waals surface area contributed by atoms with Gasteiger partial charge >= 0.3 is 0 Å². The van der Waals surface area contributed by atoms with E-state index in [1.807, 2.05) is 13.8 Å². The summed E-state index contributed by atoms with van der Waals surface area (Å²) in [5.74, 6) is 0.666. The fourth-order valence-corrected chi connectivity index (χ4v) is 1.79. The maximum atomic E-state index is 5.94. The molecule has 0 spiro atoms. The summed E-state index contributed by atoms with van der Waals surface area (Å²) in [5.41, 5.74) is 0.816. The molecule has 0 bridgehead atoms. The second kappa shape index (κ2) is 5.11. The lowest BCUT2D eigenvalue weighted by Gasteiger charge is -2.29. The Bertz CT molecular complexity index is 340. The van der Waals surface area contributed by atoms with Crippen LogP contribution in [0.4, 0.5) is 0 Å². The van der Waals surface area contributed by atoms with Crippen molar-refractivity contribution in [1.82, 2.24) is 9.97 Å². The number of nitrogens with zero attached hydrogens (tertiary/aromatic N) is 2. The zero-order chi connectivity index (χ0) is 12.3. The Balaban J connectivity index is 3.10. The first-order valence-corrected chi connectivity index (χ1v) is 5.85. The number of aromatic nitrogens is 2. The summed E-state index contributed by atoms with van der Waals surface area (Å²) in [5, 5.41) is 0.469. The Morgan fingerprint density at radius 2 is 2.00 bits per heavy atom. The van der Waals surface area contributed by atoms with Crippen molar-refractivity contribution in [3.8, 4) is 0 Å². The van der Waals surface area contributed by atoms with E-state index in [2.05, 4.69) is 30.7 Å². The Morgan fingerprint density at radius 3 is 2.44 bits per heavy atom. The third kappa shape index (κ3) is 3.42. The number of hydrogen-bond acceptors (Lipinski definition) is 3.